The summed E-state index contributed by atoms with van der Waals surface area (Å²) in [4.78, 5) is 4.50. The molecule has 1 saturated carbocycles. The third-order valence-corrected chi connectivity index (χ3v) is 4.20. The van der Waals surface area contributed by atoms with Gasteiger partial charge < -0.3 is 10.3 Å². The first-order valence-corrected chi connectivity index (χ1v) is 7.39. The van der Waals surface area contributed by atoms with Crippen molar-refractivity contribution < 1.29 is 4.52 Å². The zero-order chi connectivity index (χ0) is 14.0. The molecule has 0 unspecified atom stereocenters. The van der Waals surface area contributed by atoms with Crippen LogP contribution in [-0.4, -0.2) is 10.1 Å². The molecule has 1 aliphatic carbocycles. The van der Waals surface area contributed by atoms with Crippen molar-refractivity contribution in [2.45, 2.75) is 51.0 Å². The summed E-state index contributed by atoms with van der Waals surface area (Å²) < 4.78 is 5.36. The van der Waals surface area contributed by atoms with E-state index in [1.807, 2.05) is 0 Å². The van der Waals surface area contributed by atoms with E-state index in [0.29, 0.717) is 18.1 Å². The Labute approximate surface area is 119 Å². The fraction of sp³-hybridized carbons (Fsp3) is 0.500. The summed E-state index contributed by atoms with van der Waals surface area (Å²) in [6, 6.07) is 8.54. The van der Waals surface area contributed by atoms with Gasteiger partial charge in [0, 0.05) is 0 Å². The van der Waals surface area contributed by atoms with Gasteiger partial charge in [-0.2, -0.15) is 4.98 Å². The standard InChI is InChI=1S/C16H21N3O/c1-2-12-5-7-13(8-6-12)11-14-18-15(19-20-14)16(17)9-3-4-10-16/h5-8H,2-4,9-11,17H2,1H3. The van der Waals surface area contributed by atoms with Gasteiger partial charge >= 0.3 is 0 Å². The van der Waals surface area contributed by atoms with Crippen molar-refractivity contribution in [1.82, 2.24) is 10.1 Å². The van der Waals surface area contributed by atoms with E-state index >= 15 is 0 Å². The number of hydrogen-bond donors (Lipinski definition) is 1. The minimum Gasteiger partial charge on any atom is -0.339 e. The highest BCUT2D eigenvalue weighted by Crippen LogP contribution is 2.34. The van der Waals surface area contributed by atoms with Crippen LogP contribution in [0.2, 0.25) is 0 Å². The van der Waals surface area contributed by atoms with Gasteiger partial charge in [-0.05, 0) is 30.4 Å². The van der Waals surface area contributed by atoms with Gasteiger partial charge in [0.25, 0.3) is 0 Å². The molecule has 106 valence electrons. The maximum absolute atomic E-state index is 6.34. The van der Waals surface area contributed by atoms with E-state index in [1.165, 1.54) is 11.1 Å². The average Bonchev–Trinajstić information content (AvgIpc) is 3.10. The summed E-state index contributed by atoms with van der Waals surface area (Å²) in [5.41, 5.74) is 8.50. The Hall–Kier alpha value is -1.68. The number of nitrogens with zero attached hydrogens (tertiary/aromatic N) is 2. The van der Waals surface area contributed by atoms with Crippen LogP contribution < -0.4 is 5.73 Å². The van der Waals surface area contributed by atoms with Crippen LogP contribution >= 0.6 is 0 Å². The number of nitrogens with two attached hydrogens (primary N) is 1. The lowest BCUT2D eigenvalue weighted by Crippen LogP contribution is -2.34. The predicted molar refractivity (Wildman–Crippen MR) is 77.3 cm³/mol. The highest BCUT2D eigenvalue weighted by atomic mass is 16.5. The van der Waals surface area contributed by atoms with Crippen LogP contribution in [0.1, 0.15) is 55.4 Å². The summed E-state index contributed by atoms with van der Waals surface area (Å²) >= 11 is 0. The quantitative estimate of drug-likeness (QED) is 0.928. The van der Waals surface area contributed by atoms with Gasteiger partial charge in [0.05, 0.1) is 12.0 Å². The maximum atomic E-state index is 6.34. The molecule has 4 nitrogen and oxygen atoms in total. The van der Waals surface area contributed by atoms with Crippen molar-refractivity contribution in [3.05, 3.63) is 47.1 Å². The van der Waals surface area contributed by atoms with Crippen molar-refractivity contribution in [3.8, 4) is 0 Å². The van der Waals surface area contributed by atoms with Crippen LogP contribution in [0.5, 0.6) is 0 Å². The first-order chi connectivity index (χ1) is 9.69. The summed E-state index contributed by atoms with van der Waals surface area (Å²) in [6.45, 7) is 2.15. The molecular formula is C16H21N3O. The zero-order valence-corrected chi connectivity index (χ0v) is 11.9. The molecule has 0 aliphatic heterocycles. The zero-order valence-electron chi connectivity index (χ0n) is 11.9. The predicted octanol–water partition coefficient (Wildman–Crippen LogP) is 2.95. The van der Waals surface area contributed by atoms with Crippen molar-refractivity contribution in [1.29, 1.82) is 0 Å². The minimum absolute atomic E-state index is 0.367. The Bertz CT molecular complexity index is 568. The number of benzene rings is 1. The van der Waals surface area contributed by atoms with Gasteiger partial charge in [-0.15, -0.1) is 0 Å². The smallest absolute Gasteiger partial charge is 0.231 e. The second-order valence-electron chi connectivity index (χ2n) is 5.72. The van der Waals surface area contributed by atoms with Gasteiger partial charge in [0.2, 0.25) is 5.89 Å². The molecule has 0 atom stereocenters. The topological polar surface area (TPSA) is 64.9 Å². The summed E-state index contributed by atoms with van der Waals surface area (Å²) in [5, 5.41) is 4.09. The molecule has 1 aromatic carbocycles. The molecule has 2 aromatic rings. The van der Waals surface area contributed by atoms with Crippen LogP contribution in [0.3, 0.4) is 0 Å². The van der Waals surface area contributed by atoms with Gasteiger partial charge in [0.1, 0.15) is 0 Å². The first kappa shape index (κ1) is 13.3. The van der Waals surface area contributed by atoms with Crippen LogP contribution in [-0.2, 0) is 18.4 Å². The molecule has 2 N–H and O–H groups in total. The van der Waals surface area contributed by atoms with Gasteiger partial charge in [-0.1, -0.05) is 49.2 Å². The molecule has 0 bridgehead atoms. The summed E-state index contributed by atoms with van der Waals surface area (Å²) in [5.74, 6) is 1.33. The Morgan fingerprint density at radius 3 is 2.45 bits per heavy atom. The van der Waals surface area contributed by atoms with E-state index in [0.717, 1.165) is 32.1 Å². The van der Waals surface area contributed by atoms with Gasteiger partial charge in [-0.25, -0.2) is 0 Å². The van der Waals surface area contributed by atoms with Crippen LogP contribution in [0.4, 0.5) is 0 Å². The van der Waals surface area contributed by atoms with Crippen molar-refractivity contribution in [2.24, 2.45) is 5.73 Å². The van der Waals surface area contributed by atoms with Crippen LogP contribution in [0.15, 0.2) is 28.8 Å². The normalized spacial score (nSPS) is 17.5. The molecule has 1 fully saturated rings. The van der Waals surface area contributed by atoms with E-state index in [9.17, 15) is 0 Å². The minimum atomic E-state index is -0.367. The number of aryl methyl sites for hydroxylation is 1. The van der Waals surface area contributed by atoms with Crippen molar-refractivity contribution >= 4 is 0 Å². The molecule has 3 rings (SSSR count). The molecule has 1 aliphatic rings. The van der Waals surface area contributed by atoms with Gasteiger partial charge in [-0.3, -0.25) is 0 Å². The first-order valence-electron chi connectivity index (χ1n) is 7.39. The molecule has 1 aromatic heterocycles. The second-order valence-corrected chi connectivity index (χ2v) is 5.72. The van der Waals surface area contributed by atoms with Crippen LogP contribution in [0, 0.1) is 0 Å². The Balaban J connectivity index is 1.73. The third-order valence-electron chi connectivity index (χ3n) is 4.20. The molecule has 4 heteroatoms. The number of aromatic nitrogens is 2. The summed E-state index contributed by atoms with van der Waals surface area (Å²) in [6.07, 6.45) is 5.94. The van der Waals surface area contributed by atoms with E-state index < -0.39 is 0 Å². The molecule has 0 radical (unpaired) electrons. The lowest BCUT2D eigenvalue weighted by molar-refractivity contribution is 0.352. The lowest BCUT2D eigenvalue weighted by atomic mass is 9.99. The van der Waals surface area contributed by atoms with Crippen LogP contribution in [0.25, 0.3) is 0 Å². The molecule has 0 saturated heterocycles. The highest BCUT2D eigenvalue weighted by molar-refractivity contribution is 5.24. The molecule has 1 heterocycles. The fourth-order valence-corrected chi connectivity index (χ4v) is 2.83. The molecule has 0 spiro atoms. The summed E-state index contributed by atoms with van der Waals surface area (Å²) in [7, 11) is 0. The fourth-order valence-electron chi connectivity index (χ4n) is 2.83. The highest BCUT2D eigenvalue weighted by Gasteiger charge is 2.35. The van der Waals surface area contributed by atoms with E-state index in [1.54, 1.807) is 0 Å². The Morgan fingerprint density at radius 1 is 1.15 bits per heavy atom. The number of hydrogen-bond acceptors (Lipinski definition) is 4. The van der Waals surface area contributed by atoms with Gasteiger partial charge in [0.15, 0.2) is 5.82 Å². The number of rotatable bonds is 4. The lowest BCUT2D eigenvalue weighted by Gasteiger charge is -2.17. The monoisotopic (exact) mass is 271 g/mol. The third kappa shape index (κ3) is 2.61. The van der Waals surface area contributed by atoms with Crippen molar-refractivity contribution in [3.63, 3.8) is 0 Å². The Kier molecular flexibility index (Phi) is 3.57. The van der Waals surface area contributed by atoms with E-state index in [-0.39, 0.29) is 5.54 Å². The maximum Gasteiger partial charge on any atom is 0.231 e. The largest absolute Gasteiger partial charge is 0.339 e. The average molecular weight is 271 g/mol. The molecule has 20 heavy (non-hydrogen) atoms. The second kappa shape index (κ2) is 5.37. The SMILES string of the molecule is CCc1ccc(Cc2nc(C3(N)CCCC3)no2)cc1. The molecule has 0 amide bonds. The van der Waals surface area contributed by atoms with E-state index in [4.69, 9.17) is 10.3 Å². The molecular weight excluding hydrogens is 250 g/mol. The van der Waals surface area contributed by atoms with E-state index in [2.05, 4.69) is 41.3 Å². The van der Waals surface area contributed by atoms with Crippen molar-refractivity contribution in [2.75, 3.05) is 0 Å². The Morgan fingerprint density at radius 2 is 1.80 bits per heavy atom.